The molecule has 0 aliphatic carbocycles. The van der Waals surface area contributed by atoms with Crippen LogP contribution in [-0.2, 0) is 14.8 Å². The van der Waals surface area contributed by atoms with E-state index in [1.807, 2.05) is 0 Å². The quantitative estimate of drug-likeness (QED) is 0.720. The van der Waals surface area contributed by atoms with Crippen LogP contribution in [0.3, 0.4) is 0 Å². The summed E-state index contributed by atoms with van der Waals surface area (Å²) in [6.07, 6.45) is 1.06. The molecule has 0 aromatic heterocycles. The summed E-state index contributed by atoms with van der Waals surface area (Å²) in [5, 5.41) is 0. The van der Waals surface area contributed by atoms with Crippen molar-refractivity contribution in [1.29, 1.82) is 0 Å². The second-order valence-corrected chi connectivity index (χ2v) is 4.54. The van der Waals surface area contributed by atoms with E-state index in [0.717, 1.165) is 6.42 Å². The summed E-state index contributed by atoms with van der Waals surface area (Å²) >= 11 is 0. The van der Waals surface area contributed by atoms with Gasteiger partial charge < -0.3 is 5.73 Å². The number of benzene rings is 1. The van der Waals surface area contributed by atoms with E-state index in [4.69, 9.17) is 5.73 Å². The first-order chi connectivity index (χ1) is 7.02. The zero-order chi connectivity index (χ0) is 11.3. The van der Waals surface area contributed by atoms with E-state index in [-0.39, 0.29) is 11.4 Å². The van der Waals surface area contributed by atoms with E-state index in [1.54, 1.807) is 18.2 Å². The van der Waals surface area contributed by atoms with Gasteiger partial charge in [0.1, 0.15) is 0 Å². The van der Waals surface area contributed by atoms with Crippen LogP contribution >= 0.6 is 0 Å². The van der Waals surface area contributed by atoms with Crippen LogP contribution < -0.4 is 10.5 Å². The summed E-state index contributed by atoms with van der Waals surface area (Å²) < 4.78 is 25.3. The average molecular weight is 227 g/mol. The Morgan fingerprint density at radius 2 is 1.93 bits per heavy atom. The van der Waals surface area contributed by atoms with E-state index in [1.165, 1.54) is 12.1 Å². The lowest BCUT2D eigenvalue weighted by Crippen LogP contribution is -2.28. The zero-order valence-electron chi connectivity index (χ0n) is 7.88. The van der Waals surface area contributed by atoms with Gasteiger partial charge in [0.25, 0.3) is 0 Å². The van der Waals surface area contributed by atoms with Crippen molar-refractivity contribution in [3.8, 4) is 0 Å². The van der Waals surface area contributed by atoms with Crippen LogP contribution in [-0.4, -0.2) is 20.9 Å². The zero-order valence-corrected chi connectivity index (χ0v) is 8.70. The molecule has 0 saturated heterocycles. The predicted octanol–water partition coefficient (Wildman–Crippen LogP) is -0.346. The molecular weight excluding hydrogens is 216 g/mol. The topological polar surface area (TPSA) is 89.3 Å². The number of hydrogen-bond donors (Lipinski definition) is 2. The molecule has 81 valence electrons. The third-order valence-electron chi connectivity index (χ3n) is 1.63. The molecule has 0 bridgehead atoms. The number of nitrogens with two attached hydrogens (primary N) is 1. The van der Waals surface area contributed by atoms with E-state index in [9.17, 15) is 13.2 Å². The Morgan fingerprint density at radius 3 is 2.47 bits per heavy atom. The summed E-state index contributed by atoms with van der Waals surface area (Å²) in [5.41, 5.74) is 4.83. The lowest BCUT2D eigenvalue weighted by atomic mass is 10.4. The van der Waals surface area contributed by atoms with Crippen LogP contribution in [0.15, 0.2) is 35.2 Å². The molecule has 0 spiro atoms. The number of hydrogen-bond acceptors (Lipinski definition) is 3. The summed E-state index contributed by atoms with van der Waals surface area (Å²) in [7, 11) is -3.54. The van der Waals surface area contributed by atoms with Crippen molar-refractivity contribution < 1.29 is 13.2 Å². The molecule has 0 aliphatic rings. The molecule has 0 aliphatic heterocycles. The SMILES string of the molecule is NC(=O)[CH]CNS(=O)(=O)c1ccccc1. The van der Waals surface area contributed by atoms with Crippen molar-refractivity contribution in [2.75, 3.05) is 6.54 Å². The molecule has 6 heteroatoms. The van der Waals surface area contributed by atoms with Crippen molar-refractivity contribution in [2.45, 2.75) is 4.90 Å². The molecule has 0 unspecified atom stereocenters. The van der Waals surface area contributed by atoms with Crippen molar-refractivity contribution in [2.24, 2.45) is 5.73 Å². The van der Waals surface area contributed by atoms with Gasteiger partial charge in [-0.05, 0) is 12.1 Å². The second-order valence-electron chi connectivity index (χ2n) is 2.77. The van der Waals surface area contributed by atoms with Crippen LogP contribution in [0.4, 0.5) is 0 Å². The van der Waals surface area contributed by atoms with Crippen LogP contribution in [0.2, 0.25) is 0 Å². The highest BCUT2D eigenvalue weighted by atomic mass is 32.2. The highest BCUT2D eigenvalue weighted by Crippen LogP contribution is 2.06. The highest BCUT2D eigenvalue weighted by molar-refractivity contribution is 7.89. The third-order valence-corrected chi connectivity index (χ3v) is 3.07. The first kappa shape index (κ1) is 11.7. The summed E-state index contributed by atoms with van der Waals surface area (Å²) in [6.45, 7) is -0.105. The largest absolute Gasteiger partial charge is 0.369 e. The lowest BCUT2D eigenvalue weighted by molar-refractivity contribution is -0.114. The normalized spacial score (nSPS) is 11.2. The van der Waals surface area contributed by atoms with Gasteiger partial charge in [-0.2, -0.15) is 0 Å². The molecule has 1 aromatic carbocycles. The number of nitrogens with one attached hydrogen (secondary N) is 1. The van der Waals surface area contributed by atoms with E-state index < -0.39 is 15.9 Å². The molecule has 3 N–H and O–H groups in total. The van der Waals surface area contributed by atoms with Gasteiger partial charge in [0.15, 0.2) is 0 Å². The number of primary amides is 1. The Labute approximate surface area is 88.3 Å². The van der Waals surface area contributed by atoms with Gasteiger partial charge >= 0.3 is 0 Å². The first-order valence-corrected chi connectivity index (χ1v) is 5.68. The van der Waals surface area contributed by atoms with E-state index in [2.05, 4.69) is 4.72 Å². The molecule has 1 amide bonds. The lowest BCUT2D eigenvalue weighted by Gasteiger charge is -2.04. The van der Waals surface area contributed by atoms with Gasteiger partial charge in [0.05, 0.1) is 11.3 Å². The van der Waals surface area contributed by atoms with Gasteiger partial charge in [-0.3, -0.25) is 4.79 Å². The Hall–Kier alpha value is -1.40. The molecule has 0 fully saturated rings. The monoisotopic (exact) mass is 227 g/mol. The third kappa shape index (κ3) is 3.69. The molecule has 0 heterocycles. The Morgan fingerprint density at radius 1 is 1.33 bits per heavy atom. The molecule has 0 atom stereocenters. The first-order valence-electron chi connectivity index (χ1n) is 4.20. The van der Waals surface area contributed by atoms with Crippen LogP contribution in [0.5, 0.6) is 0 Å². The minimum atomic E-state index is -3.54. The van der Waals surface area contributed by atoms with Gasteiger partial charge in [0.2, 0.25) is 15.9 Å². The number of rotatable bonds is 5. The van der Waals surface area contributed by atoms with Crippen LogP contribution in [0, 0.1) is 6.42 Å². The summed E-state index contributed by atoms with van der Waals surface area (Å²) in [4.78, 5) is 10.5. The van der Waals surface area contributed by atoms with Crippen molar-refractivity contribution in [3.05, 3.63) is 36.8 Å². The maximum Gasteiger partial charge on any atom is 0.240 e. The Bertz CT molecular complexity index is 428. The molecule has 0 saturated carbocycles. The standard InChI is InChI=1S/C9H11N2O3S/c10-9(12)6-7-11-15(13,14)8-4-2-1-3-5-8/h1-6,11H,7H2,(H2,10,12). The van der Waals surface area contributed by atoms with Crippen molar-refractivity contribution >= 4 is 15.9 Å². The minimum Gasteiger partial charge on any atom is -0.369 e. The fourth-order valence-electron chi connectivity index (χ4n) is 0.935. The molecular formula is C9H11N2O3S. The molecule has 1 radical (unpaired) electrons. The predicted molar refractivity (Wildman–Crippen MR) is 55.1 cm³/mol. The average Bonchev–Trinajstić information content (AvgIpc) is 2.18. The molecule has 15 heavy (non-hydrogen) atoms. The van der Waals surface area contributed by atoms with Crippen LogP contribution in [0.1, 0.15) is 0 Å². The summed E-state index contributed by atoms with van der Waals surface area (Å²) in [6, 6.07) is 7.88. The Balaban J connectivity index is 2.65. The van der Waals surface area contributed by atoms with Crippen LogP contribution in [0.25, 0.3) is 0 Å². The van der Waals surface area contributed by atoms with Gasteiger partial charge in [-0.15, -0.1) is 0 Å². The van der Waals surface area contributed by atoms with Crippen molar-refractivity contribution in [1.82, 2.24) is 4.72 Å². The minimum absolute atomic E-state index is 0.105. The van der Waals surface area contributed by atoms with Gasteiger partial charge in [0, 0.05) is 6.54 Å². The van der Waals surface area contributed by atoms with E-state index >= 15 is 0 Å². The number of carbonyl (C=O) groups is 1. The second kappa shape index (κ2) is 4.90. The molecule has 1 rings (SSSR count). The van der Waals surface area contributed by atoms with Crippen molar-refractivity contribution in [3.63, 3.8) is 0 Å². The fourth-order valence-corrected chi connectivity index (χ4v) is 1.92. The number of carbonyl (C=O) groups excluding carboxylic acids is 1. The smallest absolute Gasteiger partial charge is 0.240 e. The van der Waals surface area contributed by atoms with E-state index in [0.29, 0.717) is 0 Å². The highest BCUT2D eigenvalue weighted by Gasteiger charge is 2.12. The summed E-state index contributed by atoms with van der Waals surface area (Å²) in [5.74, 6) is -0.661. The maximum atomic E-state index is 11.5. The molecule has 5 nitrogen and oxygen atoms in total. The Kier molecular flexibility index (Phi) is 3.81. The maximum absolute atomic E-state index is 11.5. The number of amides is 1. The molecule has 1 aromatic rings. The number of sulfonamides is 1. The fraction of sp³-hybridized carbons (Fsp3) is 0.111. The van der Waals surface area contributed by atoms with Gasteiger partial charge in [-0.1, -0.05) is 18.2 Å². The van der Waals surface area contributed by atoms with Gasteiger partial charge in [-0.25, -0.2) is 13.1 Å².